The Morgan fingerprint density at radius 3 is 2.18 bits per heavy atom. The van der Waals surface area contributed by atoms with Crippen LogP contribution in [0.1, 0.15) is 49.7 Å². The predicted octanol–water partition coefficient (Wildman–Crippen LogP) is 4.94. The molecule has 0 spiro atoms. The lowest BCUT2D eigenvalue weighted by Crippen LogP contribution is -2.68. The summed E-state index contributed by atoms with van der Waals surface area (Å²) in [6.07, 6.45) is 7.22. The second-order valence-electron chi connectivity index (χ2n) is 9.45. The summed E-state index contributed by atoms with van der Waals surface area (Å²) in [7, 11) is 0. The minimum absolute atomic E-state index is 0.0985. The van der Waals surface area contributed by atoms with Crippen LogP contribution < -0.4 is 10.6 Å². The number of rotatable bonds is 6. The summed E-state index contributed by atoms with van der Waals surface area (Å²) >= 11 is 0. The molecule has 4 heteroatoms. The van der Waals surface area contributed by atoms with E-state index in [0.29, 0.717) is 13.1 Å². The highest BCUT2D eigenvalue weighted by atomic mass is 19.1. The molecule has 148 valence electrons. The van der Waals surface area contributed by atoms with Crippen LogP contribution in [0.2, 0.25) is 0 Å². The molecule has 28 heavy (non-hydrogen) atoms. The van der Waals surface area contributed by atoms with Crippen molar-refractivity contribution < 1.29 is 8.78 Å². The van der Waals surface area contributed by atoms with Crippen LogP contribution in [0.5, 0.6) is 0 Å². The molecule has 4 aliphatic rings. The molecule has 0 heterocycles. The van der Waals surface area contributed by atoms with Gasteiger partial charge in [-0.3, -0.25) is 0 Å². The van der Waals surface area contributed by atoms with E-state index in [1.54, 1.807) is 24.3 Å². The molecule has 2 N–H and O–H groups in total. The van der Waals surface area contributed by atoms with Gasteiger partial charge in [0.2, 0.25) is 0 Å². The summed E-state index contributed by atoms with van der Waals surface area (Å²) in [6, 6.07) is 14.0. The number of hydrogen-bond donors (Lipinski definition) is 2. The van der Waals surface area contributed by atoms with Crippen LogP contribution in [0.3, 0.4) is 0 Å². The molecule has 2 nitrogen and oxygen atoms in total. The van der Waals surface area contributed by atoms with Gasteiger partial charge in [-0.1, -0.05) is 30.3 Å². The summed E-state index contributed by atoms with van der Waals surface area (Å²) in [5.41, 5.74) is 1.98. The number of hydrogen-bond acceptors (Lipinski definition) is 2. The number of halogens is 2. The molecule has 0 saturated heterocycles. The highest BCUT2D eigenvalue weighted by Crippen LogP contribution is 2.57. The smallest absolute Gasteiger partial charge is 0.127 e. The maximum Gasteiger partial charge on any atom is 0.127 e. The summed E-state index contributed by atoms with van der Waals surface area (Å²) in [5, 5.41) is 7.60. The number of nitrogens with one attached hydrogen (secondary N) is 2. The van der Waals surface area contributed by atoms with Crippen LogP contribution in [0.15, 0.2) is 48.5 Å². The molecule has 2 atom stereocenters. The monoisotopic (exact) mass is 382 g/mol. The molecule has 2 aromatic rings. The summed E-state index contributed by atoms with van der Waals surface area (Å²) in [5.74, 6) is 1.16. The van der Waals surface area contributed by atoms with E-state index in [9.17, 15) is 8.78 Å². The zero-order valence-corrected chi connectivity index (χ0v) is 16.2. The molecule has 0 amide bonds. The van der Waals surface area contributed by atoms with E-state index in [1.807, 2.05) is 18.2 Å². The zero-order valence-electron chi connectivity index (χ0n) is 16.2. The van der Waals surface area contributed by atoms with Gasteiger partial charge in [-0.2, -0.15) is 0 Å². The average molecular weight is 382 g/mol. The van der Waals surface area contributed by atoms with Gasteiger partial charge in [0.05, 0.1) is 0 Å². The van der Waals surface area contributed by atoms with Crippen LogP contribution in [0.4, 0.5) is 8.78 Å². The van der Waals surface area contributed by atoms with E-state index in [1.165, 1.54) is 38.2 Å². The third-order valence-electron chi connectivity index (χ3n) is 7.23. The van der Waals surface area contributed by atoms with Crippen LogP contribution in [-0.4, -0.2) is 11.1 Å². The fourth-order valence-corrected chi connectivity index (χ4v) is 6.54. The van der Waals surface area contributed by atoms with Gasteiger partial charge >= 0.3 is 0 Å². The minimum Gasteiger partial charge on any atom is -0.307 e. The van der Waals surface area contributed by atoms with Crippen molar-refractivity contribution in [3.05, 3.63) is 71.3 Å². The molecule has 6 rings (SSSR count). The van der Waals surface area contributed by atoms with Gasteiger partial charge < -0.3 is 10.6 Å². The summed E-state index contributed by atoms with van der Waals surface area (Å²) < 4.78 is 27.6. The molecule has 0 aliphatic heterocycles. The highest BCUT2D eigenvalue weighted by molar-refractivity contribution is 5.21. The lowest BCUT2D eigenvalue weighted by molar-refractivity contribution is -0.0536. The van der Waals surface area contributed by atoms with Crippen molar-refractivity contribution >= 4 is 0 Å². The molecule has 2 unspecified atom stereocenters. The molecule has 4 aliphatic carbocycles. The van der Waals surface area contributed by atoms with Gasteiger partial charge in [0, 0.05) is 29.7 Å². The third-order valence-corrected chi connectivity index (χ3v) is 7.23. The normalized spacial score (nSPS) is 33.4. The molecule has 0 aromatic heterocycles. The first kappa shape index (κ1) is 18.3. The Morgan fingerprint density at radius 2 is 1.50 bits per heavy atom. The molecule has 4 bridgehead atoms. The van der Waals surface area contributed by atoms with Crippen molar-refractivity contribution in [1.82, 2.24) is 10.6 Å². The van der Waals surface area contributed by atoms with Crippen molar-refractivity contribution in [3.8, 4) is 0 Å². The third kappa shape index (κ3) is 3.48. The standard InChI is InChI=1S/C24H28F2N2/c25-21-6-3-4-17(9-21)14-27-23-10-18-8-19(11-23)13-24(12-18,16-23)28-15-20-5-1-2-7-22(20)26/h1-7,9,18-19,27-28H,8,10-16H2. The Morgan fingerprint density at radius 1 is 0.821 bits per heavy atom. The van der Waals surface area contributed by atoms with E-state index in [0.717, 1.165) is 29.4 Å². The van der Waals surface area contributed by atoms with E-state index in [2.05, 4.69) is 10.6 Å². The summed E-state index contributed by atoms with van der Waals surface area (Å²) in [6.45, 7) is 1.30. The van der Waals surface area contributed by atoms with Crippen molar-refractivity contribution in [2.75, 3.05) is 0 Å². The Kier molecular flexibility index (Phi) is 4.52. The zero-order chi connectivity index (χ0) is 19.2. The van der Waals surface area contributed by atoms with Crippen molar-refractivity contribution in [2.45, 2.75) is 62.7 Å². The molecule has 4 saturated carbocycles. The van der Waals surface area contributed by atoms with Gasteiger partial charge in [-0.25, -0.2) is 8.78 Å². The van der Waals surface area contributed by atoms with Crippen molar-refractivity contribution in [2.24, 2.45) is 11.8 Å². The largest absolute Gasteiger partial charge is 0.307 e. The summed E-state index contributed by atoms with van der Waals surface area (Å²) in [4.78, 5) is 0. The van der Waals surface area contributed by atoms with E-state index >= 15 is 0 Å². The van der Waals surface area contributed by atoms with Gasteiger partial charge in [-0.15, -0.1) is 0 Å². The first-order valence-corrected chi connectivity index (χ1v) is 10.5. The molecule has 4 fully saturated rings. The molecule has 0 radical (unpaired) electrons. The van der Waals surface area contributed by atoms with E-state index < -0.39 is 0 Å². The Bertz CT molecular complexity index is 851. The van der Waals surface area contributed by atoms with Crippen LogP contribution in [0.25, 0.3) is 0 Å². The lowest BCUT2D eigenvalue weighted by Gasteiger charge is -2.62. The van der Waals surface area contributed by atoms with Gasteiger partial charge in [0.1, 0.15) is 11.6 Å². The second kappa shape index (κ2) is 6.93. The Labute approximate surface area is 165 Å². The first-order chi connectivity index (χ1) is 13.5. The van der Waals surface area contributed by atoms with E-state index in [4.69, 9.17) is 0 Å². The van der Waals surface area contributed by atoms with Crippen LogP contribution >= 0.6 is 0 Å². The topological polar surface area (TPSA) is 24.1 Å². The van der Waals surface area contributed by atoms with Gasteiger partial charge in [-0.05, 0) is 74.1 Å². The lowest BCUT2D eigenvalue weighted by atomic mass is 9.50. The molecular weight excluding hydrogens is 354 g/mol. The quantitative estimate of drug-likeness (QED) is 0.740. The Hall–Kier alpha value is -1.78. The molecular formula is C24H28F2N2. The average Bonchev–Trinajstić information content (AvgIpc) is 2.65. The minimum atomic E-state index is -0.173. The molecule has 2 aromatic carbocycles. The Balaban J connectivity index is 1.31. The maximum absolute atomic E-state index is 14.1. The van der Waals surface area contributed by atoms with Crippen LogP contribution in [0, 0.1) is 23.5 Å². The van der Waals surface area contributed by atoms with Gasteiger partial charge in [0.15, 0.2) is 0 Å². The highest BCUT2D eigenvalue weighted by Gasteiger charge is 2.57. The predicted molar refractivity (Wildman–Crippen MR) is 107 cm³/mol. The van der Waals surface area contributed by atoms with Crippen molar-refractivity contribution in [1.29, 1.82) is 0 Å². The fourth-order valence-electron chi connectivity index (χ4n) is 6.54. The maximum atomic E-state index is 14.1. The van der Waals surface area contributed by atoms with Gasteiger partial charge in [0.25, 0.3) is 0 Å². The number of benzene rings is 2. The first-order valence-electron chi connectivity index (χ1n) is 10.5. The fraction of sp³-hybridized carbons (Fsp3) is 0.500. The van der Waals surface area contributed by atoms with E-state index in [-0.39, 0.29) is 22.7 Å². The second-order valence-corrected chi connectivity index (χ2v) is 9.45. The van der Waals surface area contributed by atoms with Crippen molar-refractivity contribution in [3.63, 3.8) is 0 Å². The SMILES string of the molecule is Fc1cccc(CNC23CC4CC(C2)CC(NCc2ccccc2F)(C4)C3)c1. The van der Waals surface area contributed by atoms with Crippen LogP contribution in [-0.2, 0) is 13.1 Å².